The highest BCUT2D eigenvalue weighted by atomic mass is 16.5. The lowest BCUT2D eigenvalue weighted by Gasteiger charge is -2.15. The van der Waals surface area contributed by atoms with Crippen molar-refractivity contribution < 1.29 is 19.1 Å². The van der Waals surface area contributed by atoms with Gasteiger partial charge in [-0.1, -0.05) is 44.2 Å². The maximum absolute atomic E-state index is 12.9. The highest BCUT2D eigenvalue weighted by Gasteiger charge is 2.33. The van der Waals surface area contributed by atoms with Gasteiger partial charge in [-0.15, -0.1) is 0 Å². The number of rotatable bonds is 11. The Morgan fingerprint density at radius 1 is 0.971 bits per heavy atom. The van der Waals surface area contributed by atoms with Crippen molar-refractivity contribution in [3.63, 3.8) is 0 Å². The maximum atomic E-state index is 12.9. The molecule has 0 bridgehead atoms. The first-order valence-electron chi connectivity index (χ1n) is 12.2. The molecular weight excluding hydrogens is 430 g/mol. The molecule has 182 valence electrons. The summed E-state index contributed by atoms with van der Waals surface area (Å²) in [7, 11) is 1.53. The molecule has 2 aromatic carbocycles. The Morgan fingerprint density at radius 2 is 1.74 bits per heavy atom. The summed E-state index contributed by atoms with van der Waals surface area (Å²) in [5.74, 6) is -0.177. The van der Waals surface area contributed by atoms with Crippen LogP contribution in [0.25, 0.3) is 11.1 Å². The van der Waals surface area contributed by atoms with E-state index in [2.05, 4.69) is 34.1 Å². The Balaban J connectivity index is 1.88. The number of ether oxygens (including phenoxy) is 1. The maximum Gasteiger partial charge on any atom is 0.406 e. The van der Waals surface area contributed by atoms with Crippen LogP contribution in [0.1, 0.15) is 72.5 Å². The fourth-order valence-corrected chi connectivity index (χ4v) is 4.35. The van der Waals surface area contributed by atoms with Crippen molar-refractivity contribution in [2.45, 2.75) is 51.9 Å². The van der Waals surface area contributed by atoms with E-state index in [1.807, 2.05) is 32.0 Å². The molecule has 3 amide bonds. The van der Waals surface area contributed by atoms with E-state index in [1.165, 1.54) is 7.05 Å². The molecule has 2 aromatic rings. The molecule has 3 N–H and O–H groups in total. The normalized spacial score (nSPS) is 13.6. The minimum atomic E-state index is -0.485. The number of aryl methyl sites for hydroxylation is 1. The minimum Gasteiger partial charge on any atom is -0.449 e. The number of carbonyl (C=O) groups is 3. The van der Waals surface area contributed by atoms with Gasteiger partial charge in [-0.05, 0) is 59.6 Å². The fourth-order valence-electron chi connectivity index (χ4n) is 4.35. The van der Waals surface area contributed by atoms with Crippen molar-refractivity contribution in [3.05, 3.63) is 58.7 Å². The van der Waals surface area contributed by atoms with Gasteiger partial charge in [0.15, 0.2) is 0 Å². The average Bonchev–Trinajstić information content (AvgIpc) is 3.17. The van der Waals surface area contributed by atoms with Crippen molar-refractivity contribution in [1.82, 2.24) is 16.0 Å². The summed E-state index contributed by atoms with van der Waals surface area (Å²) < 4.78 is 5.44. The van der Waals surface area contributed by atoms with E-state index in [0.717, 1.165) is 53.5 Å². The van der Waals surface area contributed by atoms with E-state index >= 15 is 0 Å². The van der Waals surface area contributed by atoms with Crippen LogP contribution < -0.4 is 16.0 Å². The van der Waals surface area contributed by atoms with Crippen molar-refractivity contribution >= 4 is 17.9 Å². The van der Waals surface area contributed by atoms with Crippen LogP contribution in [-0.4, -0.2) is 44.7 Å². The van der Waals surface area contributed by atoms with Gasteiger partial charge in [-0.2, -0.15) is 0 Å². The standard InChI is InChI=1S/C27H35N3O4/c1-4-14-29-24(31)11-6-8-18-12-13-20-22(16-18)23(17-34-27(33)28-3)19-9-7-10-21(25(19)20)26(32)30-15-5-2/h7,9-10,12-13,16,23H,4-6,8,11,14-15,17H2,1-3H3,(H,28,33)(H,29,31)(H,30,32). The molecule has 7 heteroatoms. The van der Waals surface area contributed by atoms with E-state index in [4.69, 9.17) is 4.74 Å². The summed E-state index contributed by atoms with van der Waals surface area (Å²) in [5, 5.41) is 8.38. The van der Waals surface area contributed by atoms with Crippen molar-refractivity contribution in [2.75, 3.05) is 26.7 Å². The number of fused-ring (bicyclic) bond motifs is 3. The SMILES string of the molecule is CCCNC(=O)CCCc1ccc2c(c1)C(COC(=O)NC)c1cccc(C(=O)NCCC)c1-2. The van der Waals surface area contributed by atoms with Crippen LogP contribution in [0.3, 0.4) is 0 Å². The number of hydrogen-bond donors (Lipinski definition) is 3. The fraction of sp³-hybridized carbons (Fsp3) is 0.444. The molecule has 1 aliphatic rings. The predicted molar refractivity (Wildman–Crippen MR) is 133 cm³/mol. The first kappa shape index (κ1) is 25.3. The van der Waals surface area contributed by atoms with Crippen LogP contribution >= 0.6 is 0 Å². The second kappa shape index (κ2) is 12.2. The zero-order chi connectivity index (χ0) is 24.5. The molecule has 0 fully saturated rings. The molecule has 0 spiro atoms. The summed E-state index contributed by atoms with van der Waals surface area (Å²) in [6.45, 7) is 5.56. The van der Waals surface area contributed by atoms with Gasteiger partial charge < -0.3 is 20.7 Å². The zero-order valence-corrected chi connectivity index (χ0v) is 20.3. The molecule has 1 unspecified atom stereocenters. The van der Waals surface area contributed by atoms with Crippen LogP contribution in [0.4, 0.5) is 4.79 Å². The van der Waals surface area contributed by atoms with E-state index in [9.17, 15) is 14.4 Å². The van der Waals surface area contributed by atoms with Crippen LogP contribution in [0, 0.1) is 0 Å². The number of benzene rings is 2. The summed E-state index contributed by atoms with van der Waals surface area (Å²) in [5.41, 5.74) is 5.68. The van der Waals surface area contributed by atoms with Crippen molar-refractivity contribution in [1.29, 1.82) is 0 Å². The largest absolute Gasteiger partial charge is 0.449 e. The lowest BCUT2D eigenvalue weighted by Crippen LogP contribution is -2.24. The second-order valence-electron chi connectivity index (χ2n) is 8.55. The van der Waals surface area contributed by atoms with Crippen LogP contribution in [0.5, 0.6) is 0 Å². The van der Waals surface area contributed by atoms with E-state index in [0.29, 0.717) is 25.1 Å². The topological polar surface area (TPSA) is 96.5 Å². The average molecular weight is 466 g/mol. The highest BCUT2D eigenvalue weighted by molar-refractivity contribution is 6.03. The molecule has 0 heterocycles. The third kappa shape index (κ3) is 5.95. The predicted octanol–water partition coefficient (Wildman–Crippen LogP) is 4.14. The van der Waals surface area contributed by atoms with Gasteiger partial charge in [0.1, 0.15) is 6.61 Å². The third-order valence-electron chi connectivity index (χ3n) is 6.04. The monoisotopic (exact) mass is 465 g/mol. The minimum absolute atomic E-state index is 0.0787. The number of nitrogens with one attached hydrogen (secondary N) is 3. The van der Waals surface area contributed by atoms with E-state index in [-0.39, 0.29) is 24.3 Å². The van der Waals surface area contributed by atoms with Gasteiger partial charge in [0.25, 0.3) is 5.91 Å². The van der Waals surface area contributed by atoms with Gasteiger partial charge in [-0.25, -0.2) is 4.79 Å². The number of hydrogen-bond acceptors (Lipinski definition) is 4. The number of amides is 3. The highest BCUT2D eigenvalue weighted by Crippen LogP contribution is 2.47. The van der Waals surface area contributed by atoms with Gasteiger partial charge in [-0.3, -0.25) is 9.59 Å². The Hall–Kier alpha value is -3.35. The quantitative estimate of drug-likeness (QED) is 0.465. The Kier molecular flexibility index (Phi) is 9.08. The van der Waals surface area contributed by atoms with Crippen LogP contribution in [0.2, 0.25) is 0 Å². The summed E-state index contributed by atoms with van der Waals surface area (Å²) >= 11 is 0. The first-order valence-corrected chi connectivity index (χ1v) is 12.2. The molecule has 0 saturated heterocycles. The number of alkyl carbamates (subject to hydrolysis) is 1. The van der Waals surface area contributed by atoms with Gasteiger partial charge in [0, 0.05) is 38.0 Å². The molecule has 7 nitrogen and oxygen atoms in total. The van der Waals surface area contributed by atoms with Gasteiger partial charge in [0.2, 0.25) is 5.91 Å². The molecular formula is C27H35N3O4. The molecule has 3 rings (SSSR count). The van der Waals surface area contributed by atoms with E-state index in [1.54, 1.807) is 0 Å². The Morgan fingerprint density at radius 3 is 2.47 bits per heavy atom. The van der Waals surface area contributed by atoms with Gasteiger partial charge >= 0.3 is 6.09 Å². The molecule has 1 atom stereocenters. The summed E-state index contributed by atoms with van der Waals surface area (Å²) in [6.07, 6.45) is 3.32. The molecule has 0 radical (unpaired) electrons. The molecule has 0 aliphatic heterocycles. The summed E-state index contributed by atoms with van der Waals surface area (Å²) in [6, 6.07) is 12.0. The van der Waals surface area contributed by atoms with Crippen LogP contribution in [-0.2, 0) is 16.0 Å². The third-order valence-corrected chi connectivity index (χ3v) is 6.04. The molecule has 0 aromatic heterocycles. The molecule has 0 saturated carbocycles. The zero-order valence-electron chi connectivity index (χ0n) is 20.3. The summed E-state index contributed by atoms with van der Waals surface area (Å²) in [4.78, 5) is 36.6. The first-order chi connectivity index (χ1) is 16.5. The smallest absolute Gasteiger partial charge is 0.406 e. The van der Waals surface area contributed by atoms with Gasteiger partial charge in [0.05, 0.1) is 0 Å². The Bertz CT molecular complexity index is 1030. The van der Waals surface area contributed by atoms with Crippen molar-refractivity contribution in [2.24, 2.45) is 0 Å². The number of carbonyl (C=O) groups excluding carboxylic acids is 3. The Labute approximate surface area is 201 Å². The second-order valence-corrected chi connectivity index (χ2v) is 8.55. The molecule has 1 aliphatic carbocycles. The van der Waals surface area contributed by atoms with Crippen LogP contribution in [0.15, 0.2) is 36.4 Å². The lowest BCUT2D eigenvalue weighted by molar-refractivity contribution is -0.121. The lowest BCUT2D eigenvalue weighted by atomic mass is 9.95. The van der Waals surface area contributed by atoms with E-state index < -0.39 is 6.09 Å². The van der Waals surface area contributed by atoms with Crippen molar-refractivity contribution in [3.8, 4) is 11.1 Å². The molecule has 34 heavy (non-hydrogen) atoms.